The van der Waals surface area contributed by atoms with Gasteiger partial charge in [-0.1, -0.05) is 30.3 Å². The van der Waals surface area contributed by atoms with Gasteiger partial charge in [-0.25, -0.2) is 0 Å². The lowest BCUT2D eigenvalue weighted by atomic mass is 10.0. The number of benzene rings is 2. The molecule has 138 valence electrons. The standard InChI is InChI=1S/C21H27N3O2/c1-22-18-8-9-20(26-2)19(14-18)21(25)23-17-10-12-24(13-11-17)15-16-6-4-3-5-7-16/h3-9,14,17,22H,10-13,15H2,1-2H3,(H,23,25). The molecule has 5 heteroatoms. The van der Waals surface area contributed by atoms with Crippen molar-refractivity contribution in [3.63, 3.8) is 0 Å². The zero-order valence-corrected chi connectivity index (χ0v) is 15.5. The van der Waals surface area contributed by atoms with Crippen molar-refractivity contribution in [2.24, 2.45) is 0 Å². The van der Waals surface area contributed by atoms with Crippen LogP contribution in [0.2, 0.25) is 0 Å². The zero-order valence-electron chi connectivity index (χ0n) is 15.5. The predicted octanol–water partition coefficient (Wildman–Crippen LogP) is 3.13. The minimum absolute atomic E-state index is 0.0690. The summed E-state index contributed by atoms with van der Waals surface area (Å²) >= 11 is 0. The summed E-state index contributed by atoms with van der Waals surface area (Å²) < 4.78 is 5.34. The fourth-order valence-corrected chi connectivity index (χ4v) is 3.38. The maximum absolute atomic E-state index is 12.7. The van der Waals surface area contributed by atoms with E-state index in [2.05, 4.69) is 39.8 Å². The average molecular weight is 353 g/mol. The first kappa shape index (κ1) is 18.3. The van der Waals surface area contributed by atoms with E-state index in [1.807, 2.05) is 31.3 Å². The number of anilines is 1. The van der Waals surface area contributed by atoms with E-state index in [1.54, 1.807) is 7.11 Å². The lowest BCUT2D eigenvalue weighted by Gasteiger charge is -2.32. The molecule has 1 fully saturated rings. The summed E-state index contributed by atoms with van der Waals surface area (Å²) in [6.45, 7) is 2.96. The van der Waals surface area contributed by atoms with Crippen LogP contribution in [0.1, 0.15) is 28.8 Å². The minimum Gasteiger partial charge on any atom is -0.496 e. The van der Waals surface area contributed by atoms with Gasteiger partial charge < -0.3 is 15.4 Å². The van der Waals surface area contributed by atoms with Crippen molar-refractivity contribution in [1.82, 2.24) is 10.2 Å². The smallest absolute Gasteiger partial charge is 0.255 e. The molecule has 0 bridgehead atoms. The van der Waals surface area contributed by atoms with Gasteiger partial charge in [0.2, 0.25) is 0 Å². The Hall–Kier alpha value is -2.53. The van der Waals surface area contributed by atoms with E-state index in [9.17, 15) is 4.79 Å². The van der Waals surface area contributed by atoms with E-state index in [1.165, 1.54) is 5.56 Å². The number of piperidine rings is 1. The first-order valence-corrected chi connectivity index (χ1v) is 9.12. The van der Waals surface area contributed by atoms with Gasteiger partial charge >= 0.3 is 0 Å². The molecular weight excluding hydrogens is 326 g/mol. The lowest BCUT2D eigenvalue weighted by molar-refractivity contribution is 0.0906. The largest absolute Gasteiger partial charge is 0.496 e. The molecule has 1 heterocycles. The highest BCUT2D eigenvalue weighted by Gasteiger charge is 2.22. The molecule has 0 spiro atoms. The summed E-state index contributed by atoms with van der Waals surface area (Å²) in [6, 6.07) is 16.3. The van der Waals surface area contributed by atoms with Crippen molar-refractivity contribution < 1.29 is 9.53 Å². The third kappa shape index (κ3) is 4.55. The van der Waals surface area contributed by atoms with Gasteiger partial charge in [-0.3, -0.25) is 9.69 Å². The van der Waals surface area contributed by atoms with Crippen LogP contribution in [-0.2, 0) is 6.54 Å². The first-order valence-electron chi connectivity index (χ1n) is 9.12. The SMILES string of the molecule is CNc1ccc(OC)c(C(=O)NC2CCN(Cc3ccccc3)CC2)c1. The number of carbonyl (C=O) groups is 1. The minimum atomic E-state index is -0.0690. The Labute approximate surface area is 155 Å². The second-order valence-corrected chi connectivity index (χ2v) is 6.67. The molecule has 0 saturated carbocycles. The van der Waals surface area contributed by atoms with Gasteiger partial charge in [-0.05, 0) is 36.6 Å². The Kier molecular flexibility index (Phi) is 6.12. The molecule has 0 unspecified atom stereocenters. The molecule has 0 atom stereocenters. The Balaban J connectivity index is 1.55. The molecule has 1 saturated heterocycles. The molecule has 26 heavy (non-hydrogen) atoms. The third-order valence-electron chi connectivity index (χ3n) is 4.90. The number of nitrogens with one attached hydrogen (secondary N) is 2. The fourth-order valence-electron chi connectivity index (χ4n) is 3.38. The van der Waals surface area contributed by atoms with Crippen LogP contribution in [-0.4, -0.2) is 44.1 Å². The van der Waals surface area contributed by atoms with Crippen LogP contribution in [0.4, 0.5) is 5.69 Å². The molecule has 2 aromatic rings. The van der Waals surface area contributed by atoms with Crippen LogP contribution in [0.3, 0.4) is 0 Å². The Morgan fingerprint density at radius 1 is 1.15 bits per heavy atom. The van der Waals surface area contributed by atoms with E-state index in [0.717, 1.165) is 38.2 Å². The molecule has 3 rings (SSSR count). The number of rotatable bonds is 6. The zero-order chi connectivity index (χ0) is 18.4. The summed E-state index contributed by atoms with van der Waals surface area (Å²) in [7, 11) is 3.43. The monoisotopic (exact) mass is 353 g/mol. The highest BCUT2D eigenvalue weighted by atomic mass is 16.5. The van der Waals surface area contributed by atoms with Crippen molar-refractivity contribution in [3.8, 4) is 5.75 Å². The van der Waals surface area contributed by atoms with E-state index >= 15 is 0 Å². The number of methoxy groups -OCH3 is 1. The van der Waals surface area contributed by atoms with Crippen molar-refractivity contribution >= 4 is 11.6 Å². The number of ether oxygens (including phenoxy) is 1. The Morgan fingerprint density at radius 2 is 1.88 bits per heavy atom. The van der Waals surface area contributed by atoms with Gasteiger partial charge in [0.25, 0.3) is 5.91 Å². The van der Waals surface area contributed by atoms with E-state index in [4.69, 9.17) is 4.74 Å². The molecular formula is C21H27N3O2. The quantitative estimate of drug-likeness (QED) is 0.838. The second-order valence-electron chi connectivity index (χ2n) is 6.67. The molecule has 0 radical (unpaired) electrons. The van der Waals surface area contributed by atoms with Crippen LogP contribution in [0.5, 0.6) is 5.75 Å². The summed E-state index contributed by atoms with van der Waals surface area (Å²) in [6.07, 6.45) is 1.93. The van der Waals surface area contributed by atoms with Crippen molar-refractivity contribution in [1.29, 1.82) is 0 Å². The predicted molar refractivity (Wildman–Crippen MR) is 105 cm³/mol. The van der Waals surface area contributed by atoms with Gasteiger partial charge in [-0.2, -0.15) is 0 Å². The number of amides is 1. The molecule has 2 aromatic carbocycles. The molecule has 1 aliphatic rings. The van der Waals surface area contributed by atoms with Crippen LogP contribution in [0.15, 0.2) is 48.5 Å². The summed E-state index contributed by atoms with van der Waals surface area (Å²) in [5.74, 6) is 0.531. The number of likely N-dealkylation sites (tertiary alicyclic amines) is 1. The number of nitrogens with zero attached hydrogens (tertiary/aromatic N) is 1. The van der Waals surface area contributed by atoms with E-state index < -0.39 is 0 Å². The number of hydrogen-bond donors (Lipinski definition) is 2. The Morgan fingerprint density at radius 3 is 2.54 bits per heavy atom. The summed E-state index contributed by atoms with van der Waals surface area (Å²) in [5, 5.41) is 6.24. The average Bonchev–Trinajstić information content (AvgIpc) is 2.69. The van der Waals surface area contributed by atoms with Gasteiger partial charge in [0.05, 0.1) is 12.7 Å². The van der Waals surface area contributed by atoms with Crippen molar-refractivity contribution in [2.45, 2.75) is 25.4 Å². The molecule has 1 amide bonds. The number of hydrogen-bond acceptors (Lipinski definition) is 4. The third-order valence-corrected chi connectivity index (χ3v) is 4.90. The van der Waals surface area contributed by atoms with Crippen LogP contribution >= 0.6 is 0 Å². The van der Waals surface area contributed by atoms with Crippen LogP contribution in [0, 0.1) is 0 Å². The lowest BCUT2D eigenvalue weighted by Crippen LogP contribution is -2.44. The molecule has 0 aliphatic carbocycles. The molecule has 5 nitrogen and oxygen atoms in total. The highest BCUT2D eigenvalue weighted by Crippen LogP contribution is 2.23. The summed E-state index contributed by atoms with van der Waals surface area (Å²) in [5.41, 5.74) is 2.81. The van der Waals surface area contributed by atoms with E-state index in [0.29, 0.717) is 11.3 Å². The Bertz CT molecular complexity index is 725. The van der Waals surface area contributed by atoms with E-state index in [-0.39, 0.29) is 11.9 Å². The number of carbonyl (C=O) groups excluding carboxylic acids is 1. The highest BCUT2D eigenvalue weighted by molar-refractivity contribution is 5.98. The van der Waals surface area contributed by atoms with Gasteiger partial charge in [-0.15, -0.1) is 0 Å². The fraction of sp³-hybridized carbons (Fsp3) is 0.381. The topological polar surface area (TPSA) is 53.6 Å². The second kappa shape index (κ2) is 8.72. The molecule has 0 aromatic heterocycles. The maximum atomic E-state index is 12.7. The van der Waals surface area contributed by atoms with Gasteiger partial charge in [0.15, 0.2) is 0 Å². The maximum Gasteiger partial charge on any atom is 0.255 e. The van der Waals surface area contributed by atoms with Crippen LogP contribution < -0.4 is 15.4 Å². The summed E-state index contributed by atoms with van der Waals surface area (Å²) in [4.78, 5) is 15.1. The van der Waals surface area contributed by atoms with Gasteiger partial charge in [0.1, 0.15) is 5.75 Å². The normalized spacial score (nSPS) is 15.5. The molecule has 2 N–H and O–H groups in total. The molecule has 1 aliphatic heterocycles. The van der Waals surface area contributed by atoms with Crippen LogP contribution in [0.25, 0.3) is 0 Å². The van der Waals surface area contributed by atoms with Crippen molar-refractivity contribution in [3.05, 3.63) is 59.7 Å². The van der Waals surface area contributed by atoms with Gasteiger partial charge in [0, 0.05) is 38.4 Å². The first-order chi connectivity index (χ1) is 12.7. The van der Waals surface area contributed by atoms with Crippen molar-refractivity contribution in [2.75, 3.05) is 32.6 Å².